The second-order valence-electron chi connectivity index (χ2n) is 3.85. The Morgan fingerprint density at radius 2 is 1.05 bits per heavy atom. The summed E-state index contributed by atoms with van der Waals surface area (Å²) in [6.07, 6.45) is 3.12. The van der Waals surface area contributed by atoms with Crippen molar-refractivity contribution in [3.05, 3.63) is 59.7 Å². The summed E-state index contributed by atoms with van der Waals surface area (Å²) in [5, 5.41) is 21.8. The summed E-state index contributed by atoms with van der Waals surface area (Å²) in [4.78, 5) is 7.48. The molecule has 5 heteroatoms. The zero-order valence-electron chi connectivity index (χ0n) is 11.8. The van der Waals surface area contributed by atoms with Crippen LogP contribution in [0.2, 0.25) is 0 Å². The average molecular weight is 327 g/mol. The summed E-state index contributed by atoms with van der Waals surface area (Å²) < 4.78 is 0. The monoisotopic (exact) mass is 326 g/mol. The summed E-state index contributed by atoms with van der Waals surface area (Å²) in [5.41, 5.74) is 1.29. The zero-order valence-corrected chi connectivity index (χ0v) is 12.8. The van der Waals surface area contributed by atoms with Crippen LogP contribution in [0, 0.1) is 0 Å². The van der Waals surface area contributed by atoms with Gasteiger partial charge in [-0.3, -0.25) is 9.98 Å². The van der Waals surface area contributed by atoms with Gasteiger partial charge in [-0.05, 0) is 11.1 Å². The number of nitrogens with zero attached hydrogens (tertiary/aromatic N) is 2. The normalized spacial score (nSPS) is 10.0. The minimum atomic E-state index is 0. The van der Waals surface area contributed by atoms with E-state index in [4.69, 9.17) is 0 Å². The van der Waals surface area contributed by atoms with Crippen molar-refractivity contribution in [2.45, 2.75) is 0 Å². The molecule has 0 aliphatic heterocycles. The van der Waals surface area contributed by atoms with Crippen molar-refractivity contribution in [1.82, 2.24) is 0 Å². The molecule has 0 spiro atoms. The molecular weight excluding hydrogens is 311 g/mol. The fraction of sp³-hybridized carbons (Fsp3) is 0.125. The van der Waals surface area contributed by atoms with E-state index in [1.54, 1.807) is 50.8 Å². The van der Waals surface area contributed by atoms with Gasteiger partial charge in [0, 0.05) is 26.5 Å². The Bertz CT molecular complexity index is 545. The summed E-state index contributed by atoms with van der Waals surface area (Å²) in [6, 6.07) is 13.6. The van der Waals surface area contributed by atoms with Gasteiger partial charge in [-0.2, -0.15) is 0 Å². The van der Waals surface area contributed by atoms with Gasteiger partial charge >= 0.3 is 16.5 Å². The van der Waals surface area contributed by atoms with E-state index >= 15 is 0 Å². The van der Waals surface area contributed by atoms with Crippen LogP contribution in [0.25, 0.3) is 0 Å². The van der Waals surface area contributed by atoms with E-state index in [9.17, 15) is 10.2 Å². The molecule has 0 aliphatic carbocycles. The zero-order chi connectivity index (χ0) is 14.8. The van der Waals surface area contributed by atoms with Crippen LogP contribution in [0.4, 0.5) is 0 Å². The first kappa shape index (κ1) is 18.9. The Balaban J connectivity index is 0.000000364. The quantitative estimate of drug-likeness (QED) is 0.621. The Morgan fingerprint density at radius 1 is 0.714 bits per heavy atom. The summed E-state index contributed by atoms with van der Waals surface area (Å²) in [5.74, 6) is 0.0428. The van der Waals surface area contributed by atoms with Crippen molar-refractivity contribution in [3.63, 3.8) is 0 Å². The molecule has 0 amide bonds. The van der Waals surface area contributed by atoms with Crippen molar-refractivity contribution in [3.8, 4) is 11.5 Å². The van der Waals surface area contributed by atoms with E-state index in [1.165, 1.54) is 12.1 Å². The van der Waals surface area contributed by atoms with Crippen LogP contribution in [0.15, 0.2) is 58.5 Å². The Morgan fingerprint density at radius 3 is 1.33 bits per heavy atom. The third kappa shape index (κ3) is 6.73. The largest absolute Gasteiger partial charge is 2.00 e. The molecule has 0 radical (unpaired) electrons. The van der Waals surface area contributed by atoms with Crippen LogP contribution in [0.3, 0.4) is 0 Å². The summed E-state index contributed by atoms with van der Waals surface area (Å²) in [6.45, 7) is 0. The van der Waals surface area contributed by atoms with E-state index in [0.29, 0.717) is 11.1 Å². The van der Waals surface area contributed by atoms with E-state index in [2.05, 4.69) is 9.98 Å². The van der Waals surface area contributed by atoms with Crippen LogP contribution in [0.5, 0.6) is 11.5 Å². The molecular formula is C16H16N2NiO2. The topological polar surface area (TPSA) is 70.8 Å². The molecule has 112 valence electrons. The maximum absolute atomic E-state index is 10.9. The van der Waals surface area contributed by atoms with Crippen LogP contribution in [0.1, 0.15) is 11.1 Å². The van der Waals surface area contributed by atoms with Crippen molar-refractivity contribution < 1.29 is 26.7 Å². The molecule has 0 heterocycles. The number of benzene rings is 2. The second-order valence-corrected chi connectivity index (χ2v) is 3.85. The third-order valence-electron chi connectivity index (χ3n) is 2.37. The molecule has 21 heavy (non-hydrogen) atoms. The SMILES string of the molecule is CN=Cc1ccccc1[O-].CN=Cc1ccccc1[O-].[Ni+2]. The minimum Gasteiger partial charge on any atom is -0.872 e. The number of para-hydroxylation sites is 2. The molecule has 0 aromatic heterocycles. The molecule has 0 aliphatic rings. The fourth-order valence-electron chi connectivity index (χ4n) is 1.45. The fourth-order valence-corrected chi connectivity index (χ4v) is 1.45. The van der Waals surface area contributed by atoms with Crippen LogP contribution >= 0.6 is 0 Å². The molecule has 2 rings (SSSR count). The van der Waals surface area contributed by atoms with Gasteiger partial charge < -0.3 is 10.2 Å². The third-order valence-corrected chi connectivity index (χ3v) is 2.37. The Hall–Kier alpha value is -2.13. The number of aliphatic imine (C=N–C) groups is 2. The smallest absolute Gasteiger partial charge is 0.872 e. The maximum Gasteiger partial charge on any atom is 2.00 e. The molecule has 2 aromatic carbocycles. The first-order valence-corrected chi connectivity index (χ1v) is 6.05. The van der Waals surface area contributed by atoms with Gasteiger partial charge in [0.2, 0.25) is 0 Å². The van der Waals surface area contributed by atoms with Gasteiger partial charge in [0.15, 0.2) is 0 Å². The number of hydrogen-bond acceptors (Lipinski definition) is 4. The molecule has 0 saturated carbocycles. The van der Waals surface area contributed by atoms with Crippen LogP contribution < -0.4 is 10.2 Å². The van der Waals surface area contributed by atoms with Gasteiger partial charge in [-0.25, -0.2) is 0 Å². The van der Waals surface area contributed by atoms with E-state index in [1.807, 2.05) is 12.1 Å². The minimum absolute atomic E-state index is 0. The number of rotatable bonds is 2. The molecule has 4 nitrogen and oxygen atoms in total. The molecule has 0 unspecified atom stereocenters. The summed E-state index contributed by atoms with van der Waals surface area (Å²) in [7, 11) is 3.29. The van der Waals surface area contributed by atoms with Crippen molar-refractivity contribution in [2.24, 2.45) is 9.98 Å². The Labute approximate surface area is 134 Å². The van der Waals surface area contributed by atoms with Crippen LogP contribution in [-0.4, -0.2) is 26.5 Å². The predicted molar refractivity (Wildman–Crippen MR) is 78.8 cm³/mol. The molecule has 0 bridgehead atoms. The van der Waals surface area contributed by atoms with Crippen molar-refractivity contribution in [1.29, 1.82) is 0 Å². The number of hydrogen-bond donors (Lipinski definition) is 0. The maximum atomic E-state index is 10.9. The predicted octanol–water partition coefficient (Wildman–Crippen LogP) is 1.62. The van der Waals surface area contributed by atoms with E-state index in [-0.39, 0.29) is 28.0 Å². The molecule has 0 saturated heterocycles. The second kappa shape index (κ2) is 10.6. The molecule has 0 atom stereocenters. The average Bonchev–Trinajstić information content (AvgIpc) is 2.45. The molecule has 0 fully saturated rings. The first-order chi connectivity index (χ1) is 9.69. The van der Waals surface area contributed by atoms with Gasteiger partial charge in [-0.15, -0.1) is 11.5 Å². The van der Waals surface area contributed by atoms with E-state index < -0.39 is 0 Å². The summed E-state index contributed by atoms with van der Waals surface area (Å²) >= 11 is 0. The van der Waals surface area contributed by atoms with Gasteiger partial charge in [0.05, 0.1) is 0 Å². The van der Waals surface area contributed by atoms with Crippen LogP contribution in [-0.2, 0) is 16.5 Å². The Kier molecular flexibility index (Phi) is 9.56. The van der Waals surface area contributed by atoms with Gasteiger partial charge in [0.25, 0.3) is 0 Å². The molecule has 2 aromatic rings. The van der Waals surface area contributed by atoms with Gasteiger partial charge in [0.1, 0.15) is 0 Å². The van der Waals surface area contributed by atoms with Crippen molar-refractivity contribution >= 4 is 12.4 Å². The first-order valence-electron chi connectivity index (χ1n) is 6.05. The standard InChI is InChI=1S/2C8H9NO.Ni/c2*1-9-6-7-4-2-3-5-8(7)10;/h2*2-6,10H,1H3;/q;;+2/p-2. The van der Waals surface area contributed by atoms with E-state index in [0.717, 1.165) is 0 Å². The van der Waals surface area contributed by atoms with Crippen molar-refractivity contribution in [2.75, 3.05) is 14.1 Å². The van der Waals surface area contributed by atoms with Gasteiger partial charge in [-0.1, -0.05) is 48.5 Å². The molecule has 0 N–H and O–H groups in total.